The third-order valence-corrected chi connectivity index (χ3v) is 4.40. The Bertz CT molecular complexity index is 698. The summed E-state index contributed by atoms with van der Waals surface area (Å²) in [6.07, 6.45) is 2.57. The Morgan fingerprint density at radius 1 is 1.39 bits per heavy atom. The topological polar surface area (TPSA) is 84.5 Å². The zero-order chi connectivity index (χ0) is 17.3. The molecule has 0 spiro atoms. The molecular formula is C16H24N2O4S. The molecule has 1 aromatic carbocycles. The number of ether oxygens (including phenoxy) is 1. The average molecular weight is 340 g/mol. The molecule has 0 aliphatic carbocycles. The maximum absolute atomic E-state index is 11.9. The summed E-state index contributed by atoms with van der Waals surface area (Å²) >= 11 is 0. The Labute approximate surface area is 137 Å². The van der Waals surface area contributed by atoms with Gasteiger partial charge in [0.1, 0.15) is 11.4 Å². The highest BCUT2D eigenvalue weighted by Crippen LogP contribution is 2.36. The number of amides is 1. The number of rotatable bonds is 6. The van der Waals surface area contributed by atoms with E-state index in [1.54, 1.807) is 0 Å². The lowest BCUT2D eigenvalue weighted by Crippen LogP contribution is -2.38. The Morgan fingerprint density at radius 2 is 2.09 bits per heavy atom. The van der Waals surface area contributed by atoms with E-state index in [0.717, 1.165) is 29.6 Å². The molecule has 128 valence electrons. The minimum atomic E-state index is -3.37. The van der Waals surface area contributed by atoms with E-state index in [2.05, 4.69) is 16.1 Å². The normalized spacial score (nSPS) is 17.2. The molecule has 2 N–H and O–H groups in total. The highest BCUT2D eigenvalue weighted by Gasteiger charge is 2.30. The summed E-state index contributed by atoms with van der Waals surface area (Å²) in [7, 11) is -3.37. The summed E-state index contributed by atoms with van der Waals surface area (Å²) in [4.78, 5) is 11.9. The van der Waals surface area contributed by atoms with Crippen molar-refractivity contribution in [1.82, 2.24) is 10.0 Å². The molecule has 23 heavy (non-hydrogen) atoms. The Hall–Kier alpha value is -1.60. The largest absolute Gasteiger partial charge is 0.487 e. The summed E-state index contributed by atoms with van der Waals surface area (Å²) in [5.74, 6) is 0.540. The highest BCUT2D eigenvalue weighted by molar-refractivity contribution is 7.88. The summed E-state index contributed by atoms with van der Waals surface area (Å²) in [6.45, 7) is 5.81. The van der Waals surface area contributed by atoms with Gasteiger partial charge < -0.3 is 10.1 Å². The van der Waals surface area contributed by atoms with E-state index < -0.39 is 10.0 Å². The van der Waals surface area contributed by atoms with Crippen LogP contribution in [-0.4, -0.2) is 32.7 Å². The number of hydrogen-bond acceptors (Lipinski definition) is 4. The van der Waals surface area contributed by atoms with Crippen LogP contribution >= 0.6 is 0 Å². The van der Waals surface area contributed by atoms with Crippen molar-refractivity contribution in [1.29, 1.82) is 0 Å². The van der Waals surface area contributed by atoms with Crippen LogP contribution in [0.3, 0.4) is 0 Å². The molecule has 7 heteroatoms. The Balaban J connectivity index is 2.06. The first-order valence-corrected chi connectivity index (χ1v) is 9.54. The zero-order valence-corrected chi connectivity index (χ0v) is 14.8. The second-order valence-corrected chi connectivity index (χ2v) is 8.36. The molecule has 0 radical (unpaired) electrons. The van der Waals surface area contributed by atoms with Crippen LogP contribution in [0.2, 0.25) is 0 Å². The van der Waals surface area contributed by atoms with Crippen molar-refractivity contribution < 1.29 is 17.9 Å². The fraction of sp³-hybridized carbons (Fsp3) is 0.562. The highest BCUT2D eigenvalue weighted by atomic mass is 32.2. The molecule has 0 bridgehead atoms. The van der Waals surface area contributed by atoms with Crippen LogP contribution in [0.1, 0.15) is 44.4 Å². The van der Waals surface area contributed by atoms with E-state index in [1.165, 1.54) is 0 Å². The second kappa shape index (κ2) is 6.49. The maximum Gasteiger partial charge on any atom is 0.235 e. The number of nitrogens with one attached hydrogen (secondary N) is 2. The molecule has 0 saturated carbocycles. The quantitative estimate of drug-likeness (QED) is 0.822. The van der Waals surface area contributed by atoms with Crippen LogP contribution in [-0.2, 0) is 21.2 Å². The van der Waals surface area contributed by atoms with Crippen molar-refractivity contribution in [2.24, 2.45) is 0 Å². The second-order valence-electron chi connectivity index (χ2n) is 6.53. The molecule has 0 fully saturated rings. The average Bonchev–Trinajstić information content (AvgIpc) is 2.74. The molecular weight excluding hydrogens is 316 g/mol. The van der Waals surface area contributed by atoms with E-state index in [1.807, 2.05) is 32.9 Å². The predicted molar refractivity (Wildman–Crippen MR) is 88.9 cm³/mol. The first kappa shape index (κ1) is 17.7. The standard InChI is InChI=1S/C16H24N2O4S/c1-5-13(18-15(19)10-17-23(4,20)21)11-6-7-14-12(8-11)9-16(2,3)22-14/h6-8,13,17H,5,9-10H2,1-4H3,(H,18,19). The van der Waals surface area contributed by atoms with E-state index in [0.29, 0.717) is 6.42 Å². The Kier molecular flexibility index (Phi) is 5.01. The van der Waals surface area contributed by atoms with Crippen LogP contribution in [0.4, 0.5) is 0 Å². The zero-order valence-electron chi connectivity index (χ0n) is 14.0. The minimum absolute atomic E-state index is 0.155. The summed E-state index contributed by atoms with van der Waals surface area (Å²) in [6, 6.07) is 5.78. The molecule has 1 aliphatic rings. The molecule has 1 unspecified atom stereocenters. The van der Waals surface area contributed by atoms with Gasteiger partial charge in [-0.2, -0.15) is 0 Å². The van der Waals surface area contributed by atoms with E-state index in [4.69, 9.17) is 4.74 Å². The van der Waals surface area contributed by atoms with Crippen LogP contribution in [0.25, 0.3) is 0 Å². The summed E-state index contributed by atoms with van der Waals surface area (Å²) < 4.78 is 30.1. The molecule has 6 nitrogen and oxygen atoms in total. The van der Waals surface area contributed by atoms with Crippen molar-refractivity contribution in [2.75, 3.05) is 12.8 Å². The van der Waals surface area contributed by atoms with Gasteiger partial charge >= 0.3 is 0 Å². The SMILES string of the molecule is CCC(NC(=O)CNS(C)(=O)=O)c1ccc2c(c1)CC(C)(C)O2. The summed E-state index contributed by atoms with van der Waals surface area (Å²) in [5.41, 5.74) is 1.93. The monoisotopic (exact) mass is 340 g/mol. The van der Waals surface area contributed by atoms with E-state index in [9.17, 15) is 13.2 Å². The van der Waals surface area contributed by atoms with Crippen molar-refractivity contribution in [3.63, 3.8) is 0 Å². The number of fused-ring (bicyclic) bond motifs is 1. The van der Waals surface area contributed by atoms with Gasteiger partial charge in [0, 0.05) is 6.42 Å². The van der Waals surface area contributed by atoms with Gasteiger partial charge in [-0.1, -0.05) is 13.0 Å². The number of carbonyl (C=O) groups excluding carboxylic acids is 1. The third-order valence-electron chi connectivity index (χ3n) is 3.73. The van der Waals surface area contributed by atoms with Crippen molar-refractivity contribution >= 4 is 15.9 Å². The van der Waals surface area contributed by atoms with Gasteiger partial charge in [-0.3, -0.25) is 4.79 Å². The van der Waals surface area contributed by atoms with Gasteiger partial charge in [-0.05, 0) is 43.5 Å². The minimum Gasteiger partial charge on any atom is -0.487 e. The Morgan fingerprint density at radius 3 is 2.70 bits per heavy atom. The lowest BCUT2D eigenvalue weighted by molar-refractivity contribution is -0.120. The maximum atomic E-state index is 11.9. The molecule has 1 aromatic rings. The smallest absolute Gasteiger partial charge is 0.235 e. The van der Waals surface area contributed by atoms with Gasteiger partial charge in [0.25, 0.3) is 0 Å². The van der Waals surface area contributed by atoms with Gasteiger partial charge in [-0.15, -0.1) is 0 Å². The van der Waals surface area contributed by atoms with Crippen LogP contribution in [0.5, 0.6) is 5.75 Å². The first-order chi connectivity index (χ1) is 10.6. The third kappa shape index (κ3) is 4.94. The van der Waals surface area contributed by atoms with Crippen LogP contribution < -0.4 is 14.8 Å². The molecule has 1 heterocycles. The van der Waals surface area contributed by atoms with E-state index in [-0.39, 0.29) is 24.1 Å². The van der Waals surface area contributed by atoms with E-state index >= 15 is 0 Å². The van der Waals surface area contributed by atoms with Gasteiger partial charge in [-0.25, -0.2) is 13.1 Å². The molecule has 1 atom stereocenters. The number of sulfonamides is 1. The number of benzene rings is 1. The number of carbonyl (C=O) groups is 1. The van der Waals surface area contributed by atoms with Crippen molar-refractivity contribution in [3.8, 4) is 5.75 Å². The molecule has 1 amide bonds. The van der Waals surface area contributed by atoms with Gasteiger partial charge in [0.05, 0.1) is 18.8 Å². The van der Waals surface area contributed by atoms with Gasteiger partial charge in [0.15, 0.2) is 0 Å². The van der Waals surface area contributed by atoms with Gasteiger partial charge in [0.2, 0.25) is 15.9 Å². The molecule has 1 aliphatic heterocycles. The molecule has 0 saturated heterocycles. The lowest BCUT2D eigenvalue weighted by atomic mass is 9.97. The lowest BCUT2D eigenvalue weighted by Gasteiger charge is -2.18. The fourth-order valence-corrected chi connectivity index (χ4v) is 3.10. The molecule has 2 rings (SSSR count). The predicted octanol–water partition coefficient (Wildman–Crippen LogP) is 1.52. The summed E-state index contributed by atoms with van der Waals surface area (Å²) in [5, 5.41) is 2.86. The first-order valence-electron chi connectivity index (χ1n) is 7.65. The van der Waals surface area contributed by atoms with Crippen LogP contribution in [0.15, 0.2) is 18.2 Å². The van der Waals surface area contributed by atoms with Crippen LogP contribution in [0, 0.1) is 0 Å². The number of hydrogen-bond donors (Lipinski definition) is 2. The fourth-order valence-electron chi connectivity index (χ4n) is 2.71. The van der Waals surface area contributed by atoms with Crippen molar-refractivity contribution in [2.45, 2.75) is 45.3 Å². The van der Waals surface area contributed by atoms with Crippen molar-refractivity contribution in [3.05, 3.63) is 29.3 Å². The molecule has 0 aromatic heterocycles.